The van der Waals surface area contributed by atoms with Gasteiger partial charge in [0.05, 0.1) is 18.2 Å². The first-order valence-electron chi connectivity index (χ1n) is 9.07. The van der Waals surface area contributed by atoms with E-state index in [1.54, 1.807) is 0 Å². The molecule has 0 aromatic heterocycles. The second-order valence-electron chi connectivity index (χ2n) is 6.99. The SMILES string of the molecule is CNS(=O)(=O)c1cc(C(=O)NCC(CC(C)C)N2CCOCC2)ccc1Cl. The molecule has 1 aromatic carbocycles. The minimum Gasteiger partial charge on any atom is -0.379 e. The van der Waals surface area contributed by atoms with Crippen molar-refractivity contribution in [2.75, 3.05) is 39.9 Å². The number of halogens is 1. The van der Waals surface area contributed by atoms with Gasteiger partial charge in [-0.3, -0.25) is 9.69 Å². The lowest BCUT2D eigenvalue weighted by molar-refractivity contribution is 0.0124. The molecule has 0 aliphatic carbocycles. The Morgan fingerprint density at radius 3 is 2.56 bits per heavy atom. The average molecular weight is 418 g/mol. The van der Waals surface area contributed by atoms with E-state index in [-0.39, 0.29) is 27.4 Å². The molecule has 9 heteroatoms. The van der Waals surface area contributed by atoms with Crippen molar-refractivity contribution in [2.45, 2.75) is 31.2 Å². The fraction of sp³-hybridized carbons (Fsp3) is 0.611. The molecule has 1 aliphatic heterocycles. The Labute approximate surface area is 166 Å². The summed E-state index contributed by atoms with van der Waals surface area (Å²) in [5.74, 6) is 0.180. The lowest BCUT2D eigenvalue weighted by atomic mass is 10.0. The van der Waals surface area contributed by atoms with Gasteiger partial charge in [-0.05, 0) is 37.6 Å². The molecule has 152 valence electrons. The molecular weight excluding hydrogens is 390 g/mol. The maximum absolute atomic E-state index is 12.6. The van der Waals surface area contributed by atoms with Crippen LogP contribution in [0.4, 0.5) is 0 Å². The van der Waals surface area contributed by atoms with E-state index in [0.29, 0.717) is 25.7 Å². The van der Waals surface area contributed by atoms with Crippen molar-refractivity contribution >= 4 is 27.5 Å². The van der Waals surface area contributed by atoms with Gasteiger partial charge in [0.15, 0.2) is 0 Å². The van der Waals surface area contributed by atoms with Gasteiger partial charge in [0, 0.05) is 31.2 Å². The van der Waals surface area contributed by atoms with Crippen LogP contribution in [-0.2, 0) is 14.8 Å². The Balaban J connectivity index is 2.09. The first kappa shape index (κ1) is 22.1. The van der Waals surface area contributed by atoms with Crippen molar-refractivity contribution in [3.63, 3.8) is 0 Å². The van der Waals surface area contributed by atoms with Crippen LogP contribution in [0.25, 0.3) is 0 Å². The summed E-state index contributed by atoms with van der Waals surface area (Å²) < 4.78 is 31.7. The van der Waals surface area contributed by atoms with Crippen molar-refractivity contribution in [3.8, 4) is 0 Å². The summed E-state index contributed by atoms with van der Waals surface area (Å²) in [7, 11) is -2.43. The molecule has 1 aromatic rings. The predicted octanol–water partition coefficient (Wildman–Crippen LogP) is 1.72. The van der Waals surface area contributed by atoms with Gasteiger partial charge in [0.2, 0.25) is 10.0 Å². The number of sulfonamides is 1. The van der Waals surface area contributed by atoms with E-state index in [9.17, 15) is 13.2 Å². The van der Waals surface area contributed by atoms with E-state index < -0.39 is 10.0 Å². The fourth-order valence-corrected chi connectivity index (χ4v) is 4.37. The number of ether oxygens (including phenoxy) is 1. The van der Waals surface area contributed by atoms with Crippen LogP contribution in [0.1, 0.15) is 30.6 Å². The lowest BCUT2D eigenvalue weighted by Crippen LogP contribution is -2.49. The van der Waals surface area contributed by atoms with Crippen molar-refractivity contribution in [1.29, 1.82) is 0 Å². The van der Waals surface area contributed by atoms with Crippen molar-refractivity contribution in [3.05, 3.63) is 28.8 Å². The number of hydrogen-bond donors (Lipinski definition) is 2. The van der Waals surface area contributed by atoms with Gasteiger partial charge in [-0.2, -0.15) is 0 Å². The van der Waals surface area contributed by atoms with Crippen LogP contribution < -0.4 is 10.0 Å². The van der Waals surface area contributed by atoms with Gasteiger partial charge in [-0.25, -0.2) is 13.1 Å². The molecule has 0 radical (unpaired) electrons. The number of nitrogens with one attached hydrogen (secondary N) is 2. The summed E-state index contributed by atoms with van der Waals surface area (Å²) >= 11 is 5.98. The van der Waals surface area contributed by atoms with Crippen molar-refractivity contribution in [1.82, 2.24) is 14.9 Å². The van der Waals surface area contributed by atoms with Crippen LogP contribution in [0.3, 0.4) is 0 Å². The molecule has 2 rings (SSSR count). The van der Waals surface area contributed by atoms with Crippen molar-refractivity contribution < 1.29 is 17.9 Å². The molecule has 0 bridgehead atoms. The molecule has 1 aliphatic rings. The molecular formula is C18H28ClN3O4S. The molecule has 1 saturated heterocycles. The second-order valence-corrected chi connectivity index (χ2v) is 9.26. The molecule has 1 fully saturated rings. The molecule has 27 heavy (non-hydrogen) atoms. The minimum atomic E-state index is -3.73. The van der Waals surface area contributed by atoms with E-state index in [1.165, 1.54) is 25.2 Å². The quantitative estimate of drug-likeness (QED) is 0.672. The van der Waals surface area contributed by atoms with Gasteiger partial charge in [-0.1, -0.05) is 25.4 Å². The summed E-state index contributed by atoms with van der Waals surface area (Å²) in [4.78, 5) is 14.8. The standard InChI is InChI=1S/C18H28ClN3O4S/c1-13(2)10-15(22-6-8-26-9-7-22)12-21-18(23)14-4-5-16(19)17(11-14)27(24,25)20-3/h4-5,11,13,15,20H,6-10,12H2,1-3H3,(H,21,23). The van der Waals surface area contributed by atoms with Crippen LogP contribution >= 0.6 is 11.6 Å². The Morgan fingerprint density at radius 2 is 1.96 bits per heavy atom. The van der Waals surface area contributed by atoms with Crippen molar-refractivity contribution in [2.24, 2.45) is 5.92 Å². The lowest BCUT2D eigenvalue weighted by Gasteiger charge is -2.35. The van der Waals surface area contributed by atoms with Crippen LogP contribution in [0.15, 0.2) is 23.1 Å². The highest BCUT2D eigenvalue weighted by atomic mass is 35.5. The second kappa shape index (κ2) is 9.84. The maximum Gasteiger partial charge on any atom is 0.251 e. The topological polar surface area (TPSA) is 87.7 Å². The number of amides is 1. The highest BCUT2D eigenvalue weighted by molar-refractivity contribution is 7.89. The largest absolute Gasteiger partial charge is 0.379 e. The van der Waals surface area contributed by atoms with Gasteiger partial charge >= 0.3 is 0 Å². The van der Waals surface area contributed by atoms with Crippen LogP contribution in [0.5, 0.6) is 0 Å². The van der Waals surface area contributed by atoms with E-state index in [1.807, 2.05) is 0 Å². The molecule has 1 atom stereocenters. The summed E-state index contributed by atoms with van der Waals surface area (Å²) in [6.07, 6.45) is 0.959. The number of rotatable bonds is 8. The molecule has 1 amide bonds. The zero-order chi connectivity index (χ0) is 20.0. The molecule has 2 N–H and O–H groups in total. The van der Waals surface area contributed by atoms with Gasteiger partial charge in [-0.15, -0.1) is 0 Å². The summed E-state index contributed by atoms with van der Waals surface area (Å²) in [5.41, 5.74) is 0.262. The van der Waals surface area contributed by atoms with Gasteiger partial charge < -0.3 is 10.1 Å². The van der Waals surface area contributed by atoms with Gasteiger partial charge in [0.1, 0.15) is 4.90 Å². The van der Waals surface area contributed by atoms with Crippen LogP contribution in [0, 0.1) is 5.92 Å². The molecule has 1 unspecified atom stereocenters. The third-order valence-corrected chi connectivity index (χ3v) is 6.45. The summed E-state index contributed by atoms with van der Waals surface area (Å²) in [6, 6.07) is 4.47. The number of hydrogen-bond acceptors (Lipinski definition) is 5. The molecule has 7 nitrogen and oxygen atoms in total. The number of nitrogens with zero attached hydrogens (tertiary/aromatic N) is 1. The highest BCUT2D eigenvalue weighted by Crippen LogP contribution is 2.22. The zero-order valence-corrected chi connectivity index (χ0v) is 17.6. The Kier molecular flexibility index (Phi) is 8.05. The monoisotopic (exact) mass is 417 g/mol. The zero-order valence-electron chi connectivity index (χ0n) is 16.0. The summed E-state index contributed by atoms with van der Waals surface area (Å²) in [5, 5.41) is 3.01. The molecule has 0 spiro atoms. The Hall–Kier alpha value is -1.19. The van der Waals surface area contributed by atoms with Crippen LogP contribution in [0.2, 0.25) is 5.02 Å². The van der Waals surface area contributed by atoms with Crippen LogP contribution in [-0.4, -0.2) is 65.2 Å². The third-order valence-electron chi connectivity index (χ3n) is 4.56. The number of carbonyl (C=O) groups excluding carboxylic acids is 1. The average Bonchev–Trinajstić information content (AvgIpc) is 2.65. The highest BCUT2D eigenvalue weighted by Gasteiger charge is 2.23. The first-order valence-corrected chi connectivity index (χ1v) is 10.9. The fourth-order valence-electron chi connectivity index (χ4n) is 3.12. The van der Waals surface area contributed by atoms with E-state index in [2.05, 4.69) is 28.8 Å². The number of morpholine rings is 1. The Bertz CT molecular complexity index is 749. The first-order chi connectivity index (χ1) is 12.7. The number of carbonyl (C=O) groups is 1. The van der Waals surface area contributed by atoms with E-state index >= 15 is 0 Å². The minimum absolute atomic E-state index is 0.0758. The number of benzene rings is 1. The maximum atomic E-state index is 12.6. The summed E-state index contributed by atoms with van der Waals surface area (Å²) in [6.45, 7) is 7.90. The van der Waals surface area contributed by atoms with E-state index in [4.69, 9.17) is 16.3 Å². The predicted molar refractivity (Wildman–Crippen MR) is 106 cm³/mol. The molecule has 0 saturated carbocycles. The van der Waals surface area contributed by atoms with Gasteiger partial charge in [0.25, 0.3) is 5.91 Å². The third kappa shape index (κ3) is 6.15. The smallest absolute Gasteiger partial charge is 0.251 e. The Morgan fingerprint density at radius 1 is 1.30 bits per heavy atom. The molecule has 1 heterocycles. The van der Waals surface area contributed by atoms with E-state index in [0.717, 1.165) is 19.5 Å². The normalized spacial score (nSPS) is 17.1.